The second-order valence-electron chi connectivity index (χ2n) is 4.77. The highest BCUT2D eigenvalue weighted by molar-refractivity contribution is 7.88. The van der Waals surface area contributed by atoms with Crippen LogP contribution >= 0.6 is 0 Å². The maximum atomic E-state index is 12.2. The number of nitrogens with zero attached hydrogens (tertiary/aromatic N) is 3. The molecule has 6 nitrogen and oxygen atoms in total. The summed E-state index contributed by atoms with van der Waals surface area (Å²) in [5.74, 6) is -0.406. The van der Waals surface area contributed by atoms with Gasteiger partial charge in [0.2, 0.25) is 10.0 Å². The Morgan fingerprint density at radius 3 is 2.67 bits per heavy atom. The Morgan fingerprint density at radius 1 is 1.43 bits per heavy atom. The summed E-state index contributed by atoms with van der Waals surface area (Å²) in [6.45, 7) is 1.66. The fraction of sp³-hybridized carbons (Fsp3) is 0.727. The molecule has 0 N–H and O–H groups in total. The van der Waals surface area contributed by atoms with Gasteiger partial charge in [0.1, 0.15) is 12.3 Å². The van der Waals surface area contributed by atoms with Crippen LogP contribution in [0.2, 0.25) is 0 Å². The number of aromatic nitrogens is 2. The lowest BCUT2D eigenvalue weighted by Crippen LogP contribution is -2.54. The van der Waals surface area contributed by atoms with Gasteiger partial charge < -0.3 is 4.74 Å². The predicted octanol–water partition coefficient (Wildman–Crippen LogP) is 0.996. The van der Waals surface area contributed by atoms with E-state index in [0.29, 0.717) is 11.3 Å². The van der Waals surface area contributed by atoms with Crippen LogP contribution in [0.15, 0.2) is 12.3 Å². The minimum Gasteiger partial charge on any atom is -0.376 e. The zero-order chi connectivity index (χ0) is 15.7. The van der Waals surface area contributed by atoms with Crippen molar-refractivity contribution >= 4 is 10.0 Å². The molecule has 0 unspecified atom stereocenters. The topological polar surface area (TPSA) is 64.4 Å². The molecule has 2 rings (SSSR count). The van der Waals surface area contributed by atoms with Crippen molar-refractivity contribution in [3.8, 4) is 0 Å². The summed E-state index contributed by atoms with van der Waals surface area (Å²) >= 11 is 0. The Morgan fingerprint density at radius 2 is 2.10 bits per heavy atom. The van der Waals surface area contributed by atoms with Crippen LogP contribution in [-0.2, 0) is 27.1 Å². The van der Waals surface area contributed by atoms with Gasteiger partial charge in [-0.2, -0.15) is 22.6 Å². The van der Waals surface area contributed by atoms with Crippen LogP contribution in [0, 0.1) is 0 Å². The van der Waals surface area contributed by atoms with E-state index in [-0.39, 0.29) is 24.9 Å². The van der Waals surface area contributed by atoms with Crippen molar-refractivity contribution in [1.82, 2.24) is 14.1 Å². The van der Waals surface area contributed by atoms with E-state index in [1.165, 1.54) is 10.4 Å². The van der Waals surface area contributed by atoms with Gasteiger partial charge in [0.25, 0.3) is 0 Å². The molecule has 0 amide bonds. The van der Waals surface area contributed by atoms with Gasteiger partial charge in [0.05, 0.1) is 11.8 Å². The van der Waals surface area contributed by atoms with E-state index in [1.807, 2.05) is 6.92 Å². The van der Waals surface area contributed by atoms with Gasteiger partial charge in [-0.05, 0) is 13.0 Å². The number of rotatable bonds is 6. The van der Waals surface area contributed by atoms with E-state index in [9.17, 15) is 21.6 Å². The van der Waals surface area contributed by atoms with Crippen molar-refractivity contribution in [3.05, 3.63) is 18.0 Å². The molecular weight excluding hydrogens is 311 g/mol. The number of sulfonamides is 1. The van der Waals surface area contributed by atoms with E-state index >= 15 is 0 Å². The van der Waals surface area contributed by atoms with Crippen LogP contribution in [0.1, 0.15) is 12.6 Å². The zero-order valence-electron chi connectivity index (χ0n) is 11.4. The minimum absolute atomic E-state index is 0.0964. The maximum Gasteiger partial charge on any atom is 0.408 e. The number of hydrogen-bond acceptors (Lipinski definition) is 4. The highest BCUT2D eigenvalue weighted by atomic mass is 32.2. The predicted molar refractivity (Wildman–Crippen MR) is 67.9 cm³/mol. The maximum absolute atomic E-state index is 12.2. The number of hydrogen-bond donors (Lipinski definition) is 0. The summed E-state index contributed by atoms with van der Waals surface area (Å²) in [5, 5.41) is 3.64. The van der Waals surface area contributed by atoms with Gasteiger partial charge in [-0.25, -0.2) is 8.42 Å². The van der Waals surface area contributed by atoms with Crippen molar-refractivity contribution in [2.24, 2.45) is 0 Å². The van der Waals surface area contributed by atoms with Crippen molar-refractivity contribution < 1.29 is 26.3 Å². The van der Waals surface area contributed by atoms with Crippen LogP contribution in [0.25, 0.3) is 0 Å². The summed E-state index contributed by atoms with van der Waals surface area (Å²) < 4.78 is 67.8. The second-order valence-corrected chi connectivity index (χ2v) is 6.74. The molecule has 1 aromatic heterocycles. The third-order valence-corrected chi connectivity index (χ3v) is 4.72. The Labute approximate surface area is 120 Å². The molecule has 0 spiro atoms. The van der Waals surface area contributed by atoms with Gasteiger partial charge in [0, 0.05) is 25.9 Å². The zero-order valence-corrected chi connectivity index (χ0v) is 12.2. The molecule has 1 saturated heterocycles. The van der Waals surface area contributed by atoms with Crippen molar-refractivity contribution in [2.75, 3.05) is 19.7 Å². The molecule has 10 heteroatoms. The molecule has 0 aromatic carbocycles. The first-order valence-electron chi connectivity index (χ1n) is 6.38. The molecule has 0 radical (unpaired) electrons. The van der Waals surface area contributed by atoms with Crippen LogP contribution in [0.5, 0.6) is 0 Å². The van der Waals surface area contributed by atoms with Crippen molar-refractivity contribution in [1.29, 1.82) is 0 Å². The standard InChI is InChI=1S/C11H16F3N3O3S/c1-2-20-10-5-17(6-10)21(18,19)7-9-3-4-16(15-9)8-11(12,13)14/h3-4,10H,2,5-8H2,1H3. The number of ether oxygens (including phenoxy) is 1. The molecule has 1 aromatic rings. The molecule has 0 saturated carbocycles. The quantitative estimate of drug-likeness (QED) is 0.782. The van der Waals surface area contributed by atoms with Crippen molar-refractivity contribution in [3.63, 3.8) is 0 Å². The largest absolute Gasteiger partial charge is 0.408 e. The lowest BCUT2D eigenvalue weighted by molar-refractivity contribution is -0.142. The van der Waals surface area contributed by atoms with Gasteiger partial charge in [-0.15, -0.1) is 0 Å². The smallest absolute Gasteiger partial charge is 0.376 e. The van der Waals surface area contributed by atoms with Crippen LogP contribution in [0.3, 0.4) is 0 Å². The molecule has 0 bridgehead atoms. The summed E-state index contributed by atoms with van der Waals surface area (Å²) in [6.07, 6.45) is -3.37. The van der Waals surface area contributed by atoms with Crippen LogP contribution in [-0.4, -0.2) is 54.5 Å². The Kier molecular flexibility index (Phi) is 4.59. The van der Waals surface area contributed by atoms with Gasteiger partial charge >= 0.3 is 6.18 Å². The average Bonchev–Trinajstić information content (AvgIpc) is 2.66. The summed E-state index contributed by atoms with van der Waals surface area (Å²) in [7, 11) is -3.56. The molecule has 1 aliphatic heterocycles. The molecule has 21 heavy (non-hydrogen) atoms. The molecule has 0 atom stereocenters. The number of alkyl halides is 3. The van der Waals surface area contributed by atoms with Crippen molar-refractivity contribution in [2.45, 2.75) is 31.5 Å². The molecule has 0 aliphatic carbocycles. The third kappa shape index (κ3) is 4.42. The summed E-state index contributed by atoms with van der Waals surface area (Å²) in [5.41, 5.74) is 0.0964. The summed E-state index contributed by atoms with van der Waals surface area (Å²) in [4.78, 5) is 0. The summed E-state index contributed by atoms with van der Waals surface area (Å²) in [6, 6.07) is 1.28. The molecule has 120 valence electrons. The van der Waals surface area contributed by atoms with Crippen LogP contribution in [0.4, 0.5) is 13.2 Å². The van der Waals surface area contributed by atoms with E-state index < -0.39 is 28.5 Å². The SMILES string of the molecule is CCOC1CN(S(=O)(=O)Cc2ccn(CC(F)(F)F)n2)C1. The lowest BCUT2D eigenvalue weighted by Gasteiger charge is -2.37. The lowest BCUT2D eigenvalue weighted by atomic mass is 10.2. The monoisotopic (exact) mass is 327 g/mol. The third-order valence-electron chi connectivity index (χ3n) is 2.98. The van der Waals surface area contributed by atoms with Crippen LogP contribution < -0.4 is 0 Å². The first-order valence-corrected chi connectivity index (χ1v) is 7.99. The first-order chi connectivity index (χ1) is 9.69. The molecular formula is C11H16F3N3O3S. The van der Waals surface area contributed by atoms with Gasteiger partial charge in [-0.1, -0.05) is 0 Å². The highest BCUT2D eigenvalue weighted by Gasteiger charge is 2.36. The van der Waals surface area contributed by atoms with E-state index in [1.54, 1.807) is 0 Å². The fourth-order valence-corrected chi connectivity index (χ4v) is 3.50. The number of halogens is 3. The van der Waals surface area contributed by atoms with Gasteiger partial charge in [-0.3, -0.25) is 4.68 Å². The molecule has 1 aliphatic rings. The normalized spacial score (nSPS) is 17.9. The van der Waals surface area contributed by atoms with Gasteiger partial charge in [0.15, 0.2) is 0 Å². The Bertz CT molecular complexity index is 579. The Hall–Kier alpha value is -1.13. The molecule has 1 fully saturated rings. The second kappa shape index (κ2) is 5.93. The average molecular weight is 327 g/mol. The Balaban J connectivity index is 1.92. The molecule has 2 heterocycles. The highest BCUT2D eigenvalue weighted by Crippen LogP contribution is 2.20. The fourth-order valence-electron chi connectivity index (χ4n) is 2.00. The minimum atomic E-state index is -4.38. The van der Waals surface area contributed by atoms with E-state index in [4.69, 9.17) is 4.74 Å². The van der Waals surface area contributed by atoms with E-state index in [0.717, 1.165) is 6.20 Å². The van der Waals surface area contributed by atoms with E-state index in [2.05, 4.69) is 5.10 Å². The first kappa shape index (κ1) is 16.2.